The molecule has 0 aliphatic carbocycles. The predicted molar refractivity (Wildman–Crippen MR) is 43.8 cm³/mol. The molecule has 0 spiro atoms. The average molecular weight is 136 g/mol. The second kappa shape index (κ2) is 6.02. The molecule has 0 fully saturated rings. The standard InChI is InChI=1S/C9H12O/c1-3-5-7-9(8-10)6-4-2/h3-4,7-8H,1-2,5-6H2. The van der Waals surface area contributed by atoms with Crippen LogP contribution in [-0.2, 0) is 4.79 Å². The Labute approximate surface area is 61.8 Å². The highest BCUT2D eigenvalue weighted by atomic mass is 16.1. The molecule has 0 aromatic carbocycles. The molecule has 0 bridgehead atoms. The minimum absolute atomic E-state index is 0.650. The first-order valence-corrected chi connectivity index (χ1v) is 3.21. The van der Waals surface area contributed by atoms with Crippen molar-refractivity contribution in [2.24, 2.45) is 0 Å². The Balaban J connectivity index is 3.88. The van der Waals surface area contributed by atoms with Gasteiger partial charge in [-0.25, -0.2) is 0 Å². The van der Waals surface area contributed by atoms with E-state index in [-0.39, 0.29) is 0 Å². The maximum Gasteiger partial charge on any atom is 0.146 e. The first kappa shape index (κ1) is 8.89. The van der Waals surface area contributed by atoms with Crippen LogP contribution in [0.1, 0.15) is 12.8 Å². The lowest BCUT2D eigenvalue weighted by Crippen LogP contribution is -1.80. The van der Waals surface area contributed by atoms with Crippen LogP contribution in [0.4, 0.5) is 0 Å². The lowest BCUT2D eigenvalue weighted by Gasteiger charge is -1.89. The Hall–Kier alpha value is -1.11. The summed E-state index contributed by atoms with van der Waals surface area (Å²) >= 11 is 0. The minimum Gasteiger partial charge on any atom is -0.298 e. The highest BCUT2D eigenvalue weighted by Crippen LogP contribution is 1.99. The third-order valence-electron chi connectivity index (χ3n) is 1.08. The summed E-state index contributed by atoms with van der Waals surface area (Å²) in [6, 6.07) is 0. The van der Waals surface area contributed by atoms with Crippen molar-refractivity contribution in [2.45, 2.75) is 12.8 Å². The molecule has 0 aromatic rings. The molecule has 0 aliphatic heterocycles. The van der Waals surface area contributed by atoms with Crippen LogP contribution in [0, 0.1) is 0 Å². The summed E-state index contributed by atoms with van der Waals surface area (Å²) in [5.41, 5.74) is 0.773. The molecule has 0 amide bonds. The van der Waals surface area contributed by atoms with Gasteiger partial charge in [0.2, 0.25) is 0 Å². The van der Waals surface area contributed by atoms with Crippen LogP contribution in [0.25, 0.3) is 0 Å². The molecule has 0 atom stereocenters. The van der Waals surface area contributed by atoms with Crippen molar-refractivity contribution in [3.8, 4) is 0 Å². The van der Waals surface area contributed by atoms with E-state index < -0.39 is 0 Å². The maximum atomic E-state index is 10.3. The molecule has 0 unspecified atom stereocenters. The van der Waals surface area contributed by atoms with Crippen molar-refractivity contribution in [1.82, 2.24) is 0 Å². The van der Waals surface area contributed by atoms with E-state index in [0.29, 0.717) is 6.42 Å². The molecule has 1 nitrogen and oxygen atoms in total. The zero-order valence-corrected chi connectivity index (χ0v) is 6.05. The van der Waals surface area contributed by atoms with E-state index in [1.807, 2.05) is 6.08 Å². The van der Waals surface area contributed by atoms with E-state index >= 15 is 0 Å². The van der Waals surface area contributed by atoms with Gasteiger partial charge in [0.25, 0.3) is 0 Å². The molecule has 0 radical (unpaired) electrons. The molecule has 0 saturated carbocycles. The van der Waals surface area contributed by atoms with Gasteiger partial charge in [-0.15, -0.1) is 13.2 Å². The smallest absolute Gasteiger partial charge is 0.146 e. The number of hydrogen-bond donors (Lipinski definition) is 0. The Morgan fingerprint density at radius 3 is 2.40 bits per heavy atom. The predicted octanol–water partition coefficient (Wildman–Crippen LogP) is 2.26. The summed E-state index contributed by atoms with van der Waals surface area (Å²) < 4.78 is 0. The van der Waals surface area contributed by atoms with E-state index in [0.717, 1.165) is 18.3 Å². The fourth-order valence-corrected chi connectivity index (χ4v) is 0.581. The normalized spacial score (nSPS) is 10.6. The largest absolute Gasteiger partial charge is 0.298 e. The van der Waals surface area contributed by atoms with E-state index in [2.05, 4.69) is 13.2 Å². The lowest BCUT2D eigenvalue weighted by atomic mass is 10.2. The van der Waals surface area contributed by atoms with Gasteiger partial charge in [0.05, 0.1) is 0 Å². The summed E-state index contributed by atoms with van der Waals surface area (Å²) in [6.07, 6.45) is 7.57. The van der Waals surface area contributed by atoms with Crippen LogP contribution in [-0.4, -0.2) is 6.29 Å². The highest BCUT2D eigenvalue weighted by Gasteiger charge is 1.87. The van der Waals surface area contributed by atoms with Crippen molar-refractivity contribution in [3.05, 3.63) is 37.0 Å². The monoisotopic (exact) mass is 136 g/mol. The summed E-state index contributed by atoms with van der Waals surface area (Å²) in [5, 5.41) is 0. The molecule has 0 N–H and O–H groups in total. The molecule has 0 saturated heterocycles. The van der Waals surface area contributed by atoms with E-state index in [9.17, 15) is 4.79 Å². The lowest BCUT2D eigenvalue weighted by molar-refractivity contribution is -0.105. The third-order valence-corrected chi connectivity index (χ3v) is 1.08. The van der Waals surface area contributed by atoms with Crippen LogP contribution in [0.2, 0.25) is 0 Å². The van der Waals surface area contributed by atoms with Gasteiger partial charge in [0, 0.05) is 0 Å². The van der Waals surface area contributed by atoms with Gasteiger partial charge in [-0.1, -0.05) is 18.2 Å². The quantitative estimate of drug-likeness (QED) is 0.322. The molecule has 0 aromatic heterocycles. The molecule has 10 heavy (non-hydrogen) atoms. The first-order valence-electron chi connectivity index (χ1n) is 3.21. The number of carbonyl (C=O) groups is 1. The Morgan fingerprint density at radius 1 is 1.30 bits per heavy atom. The molecule has 0 heterocycles. The summed E-state index contributed by atoms with van der Waals surface area (Å²) in [7, 11) is 0. The van der Waals surface area contributed by atoms with E-state index in [1.165, 1.54) is 0 Å². The van der Waals surface area contributed by atoms with Crippen molar-refractivity contribution >= 4 is 6.29 Å². The topological polar surface area (TPSA) is 17.1 Å². The molecular weight excluding hydrogens is 124 g/mol. The SMILES string of the molecule is C=CCC=C(C=O)CC=C. The maximum absolute atomic E-state index is 10.3. The second-order valence-electron chi connectivity index (χ2n) is 1.91. The van der Waals surface area contributed by atoms with Gasteiger partial charge in [0.1, 0.15) is 6.29 Å². The molecule has 54 valence electrons. The van der Waals surface area contributed by atoms with Crippen LogP contribution < -0.4 is 0 Å². The summed E-state index contributed by atoms with van der Waals surface area (Å²) in [6.45, 7) is 7.07. The van der Waals surface area contributed by atoms with Crippen molar-refractivity contribution in [1.29, 1.82) is 0 Å². The van der Waals surface area contributed by atoms with E-state index in [1.54, 1.807) is 12.2 Å². The van der Waals surface area contributed by atoms with Gasteiger partial charge in [-0.3, -0.25) is 4.79 Å². The van der Waals surface area contributed by atoms with Gasteiger partial charge in [-0.2, -0.15) is 0 Å². The van der Waals surface area contributed by atoms with Crippen LogP contribution in [0.3, 0.4) is 0 Å². The number of allylic oxidation sites excluding steroid dienone is 4. The summed E-state index contributed by atoms with van der Waals surface area (Å²) in [5.74, 6) is 0. The third kappa shape index (κ3) is 3.84. The van der Waals surface area contributed by atoms with Crippen molar-refractivity contribution in [3.63, 3.8) is 0 Å². The minimum atomic E-state index is 0.650. The average Bonchev–Trinajstić information content (AvgIpc) is 1.98. The number of rotatable bonds is 5. The molecule has 1 heteroatoms. The summed E-state index contributed by atoms with van der Waals surface area (Å²) in [4.78, 5) is 10.3. The van der Waals surface area contributed by atoms with E-state index in [4.69, 9.17) is 0 Å². The van der Waals surface area contributed by atoms with Crippen LogP contribution >= 0.6 is 0 Å². The first-order chi connectivity index (χ1) is 4.85. The molecule has 0 rings (SSSR count). The Morgan fingerprint density at radius 2 is 2.00 bits per heavy atom. The fraction of sp³-hybridized carbons (Fsp3) is 0.222. The number of hydrogen-bond acceptors (Lipinski definition) is 1. The van der Waals surface area contributed by atoms with Gasteiger partial charge in [-0.05, 0) is 18.4 Å². The second-order valence-corrected chi connectivity index (χ2v) is 1.91. The zero-order chi connectivity index (χ0) is 7.82. The van der Waals surface area contributed by atoms with Gasteiger partial charge in [0.15, 0.2) is 0 Å². The van der Waals surface area contributed by atoms with Crippen molar-refractivity contribution < 1.29 is 4.79 Å². The molecule has 0 aliphatic rings. The van der Waals surface area contributed by atoms with Crippen molar-refractivity contribution in [2.75, 3.05) is 0 Å². The molecular formula is C9H12O. The van der Waals surface area contributed by atoms with Gasteiger partial charge < -0.3 is 0 Å². The fourth-order valence-electron chi connectivity index (χ4n) is 0.581. The number of aldehydes is 1. The van der Waals surface area contributed by atoms with Crippen LogP contribution in [0.5, 0.6) is 0 Å². The van der Waals surface area contributed by atoms with Gasteiger partial charge >= 0.3 is 0 Å². The highest BCUT2D eigenvalue weighted by molar-refractivity contribution is 5.73. The Bertz CT molecular complexity index is 154. The Kier molecular flexibility index (Phi) is 5.35. The van der Waals surface area contributed by atoms with Crippen LogP contribution in [0.15, 0.2) is 37.0 Å². The number of carbonyl (C=O) groups excluding carboxylic acids is 1. The zero-order valence-electron chi connectivity index (χ0n) is 6.05.